The van der Waals surface area contributed by atoms with Crippen molar-refractivity contribution in [2.45, 2.75) is 19.1 Å². The molecule has 0 spiro atoms. The summed E-state index contributed by atoms with van der Waals surface area (Å²) in [5.74, 6) is -0.261. The van der Waals surface area contributed by atoms with E-state index in [0.717, 1.165) is 32.0 Å². The Morgan fingerprint density at radius 2 is 1.86 bits per heavy atom. The van der Waals surface area contributed by atoms with E-state index in [2.05, 4.69) is 4.90 Å². The molecule has 21 heavy (non-hydrogen) atoms. The fourth-order valence-corrected chi connectivity index (χ4v) is 2.56. The molecule has 5 nitrogen and oxygen atoms in total. The number of Topliss-reactive ketones (excluding diaryl/α,β-unsaturated/α-hetero) is 1. The number of ether oxygens (including phenoxy) is 1. The van der Waals surface area contributed by atoms with Gasteiger partial charge < -0.3 is 14.7 Å². The smallest absolute Gasteiger partial charge is 0.209 e. The second-order valence-corrected chi connectivity index (χ2v) is 5.54. The summed E-state index contributed by atoms with van der Waals surface area (Å²) in [5.41, 5.74) is 0.172. The number of aliphatic hydroxyl groups is 1. The second kappa shape index (κ2) is 6.56. The Hall–Kier alpha value is -1.43. The normalized spacial score (nSPS) is 18.6. The van der Waals surface area contributed by atoms with Gasteiger partial charge in [0.1, 0.15) is 0 Å². The first-order valence-electron chi connectivity index (χ1n) is 7.36. The maximum atomic E-state index is 12.5. The van der Waals surface area contributed by atoms with E-state index in [9.17, 15) is 9.90 Å². The summed E-state index contributed by atoms with van der Waals surface area (Å²) in [6.45, 7) is 5.00. The molecule has 0 aliphatic carbocycles. The van der Waals surface area contributed by atoms with Gasteiger partial charge in [-0.05, 0) is 44.8 Å². The molecule has 116 valence electrons. The lowest BCUT2D eigenvalue weighted by atomic mass is 9.97. The van der Waals surface area contributed by atoms with Gasteiger partial charge in [0.25, 0.3) is 0 Å². The van der Waals surface area contributed by atoms with Gasteiger partial charge in [-0.2, -0.15) is 0 Å². The van der Waals surface area contributed by atoms with Gasteiger partial charge in [0.2, 0.25) is 5.78 Å². The van der Waals surface area contributed by atoms with Crippen LogP contribution in [0, 0.1) is 0 Å². The third-order valence-corrected chi connectivity index (χ3v) is 4.10. The third-order valence-electron chi connectivity index (χ3n) is 4.10. The first-order chi connectivity index (χ1) is 9.99. The van der Waals surface area contributed by atoms with Crippen molar-refractivity contribution in [1.29, 1.82) is 0 Å². The van der Waals surface area contributed by atoms with Crippen LogP contribution in [0.5, 0.6) is 0 Å². The van der Waals surface area contributed by atoms with E-state index < -0.39 is 5.72 Å². The number of carbonyl (C=O) groups excluding carboxylic acids is 1. The number of hydrogen-bond acceptors (Lipinski definition) is 5. The first kappa shape index (κ1) is 15.9. The number of morpholine rings is 1. The topological polar surface area (TPSA) is 53.0 Å². The maximum Gasteiger partial charge on any atom is 0.209 e. The minimum Gasteiger partial charge on any atom is -0.378 e. The zero-order valence-electron chi connectivity index (χ0n) is 13.0. The molecule has 0 saturated carbocycles. The van der Waals surface area contributed by atoms with E-state index in [0.29, 0.717) is 12.0 Å². The van der Waals surface area contributed by atoms with Gasteiger partial charge in [0, 0.05) is 24.3 Å². The number of rotatable bonds is 5. The summed E-state index contributed by atoms with van der Waals surface area (Å²) in [6, 6.07) is 7.45. The van der Waals surface area contributed by atoms with Gasteiger partial charge in [-0.3, -0.25) is 9.69 Å². The average molecular weight is 292 g/mol. The molecule has 1 aliphatic rings. The highest BCUT2D eigenvalue weighted by molar-refractivity contribution is 6.02. The van der Waals surface area contributed by atoms with Crippen molar-refractivity contribution in [2.24, 2.45) is 0 Å². The number of carbonyl (C=O) groups is 1. The Morgan fingerprint density at radius 1 is 1.29 bits per heavy atom. The molecule has 1 atom stereocenters. The summed E-state index contributed by atoms with van der Waals surface area (Å²) in [4.78, 5) is 16.3. The molecule has 1 aromatic carbocycles. The molecule has 1 N–H and O–H groups in total. The van der Waals surface area contributed by atoms with Crippen LogP contribution in [0.2, 0.25) is 0 Å². The van der Waals surface area contributed by atoms with Crippen molar-refractivity contribution >= 4 is 11.5 Å². The zero-order chi connectivity index (χ0) is 15.5. The van der Waals surface area contributed by atoms with Crippen LogP contribution in [0.3, 0.4) is 0 Å². The largest absolute Gasteiger partial charge is 0.378 e. The van der Waals surface area contributed by atoms with Crippen LogP contribution < -0.4 is 4.90 Å². The molecule has 1 heterocycles. The summed E-state index contributed by atoms with van der Waals surface area (Å²) in [6.07, 6.45) is 0.351. The minimum atomic E-state index is -1.44. The number of nitrogens with zero attached hydrogens (tertiary/aromatic N) is 2. The number of anilines is 1. The summed E-state index contributed by atoms with van der Waals surface area (Å²) in [7, 11) is 3.42. The quantitative estimate of drug-likeness (QED) is 0.656. The SMILES string of the molecule is CCC(O)(C(=O)c1ccc(N2CCOCC2)cc1)N(C)C. The zero-order valence-corrected chi connectivity index (χ0v) is 13.0. The van der Waals surface area contributed by atoms with Crippen molar-refractivity contribution < 1.29 is 14.6 Å². The van der Waals surface area contributed by atoms with E-state index >= 15 is 0 Å². The van der Waals surface area contributed by atoms with E-state index in [-0.39, 0.29) is 5.78 Å². The molecule has 0 amide bonds. The molecule has 0 bridgehead atoms. The predicted octanol–water partition coefficient (Wildman–Crippen LogP) is 1.37. The number of likely N-dealkylation sites (N-methyl/N-ethyl adjacent to an activating group) is 1. The van der Waals surface area contributed by atoms with Crippen molar-refractivity contribution in [3.05, 3.63) is 29.8 Å². The van der Waals surface area contributed by atoms with Crippen molar-refractivity contribution in [2.75, 3.05) is 45.3 Å². The highest BCUT2D eigenvalue weighted by atomic mass is 16.5. The van der Waals surface area contributed by atoms with Gasteiger partial charge in [-0.25, -0.2) is 0 Å². The highest BCUT2D eigenvalue weighted by Crippen LogP contribution is 2.22. The molecule has 1 aliphatic heterocycles. The lowest BCUT2D eigenvalue weighted by Crippen LogP contribution is -2.50. The molecular weight excluding hydrogens is 268 g/mol. The fourth-order valence-electron chi connectivity index (χ4n) is 2.56. The van der Waals surface area contributed by atoms with Crippen molar-refractivity contribution in [1.82, 2.24) is 4.90 Å². The minimum absolute atomic E-state index is 0.261. The number of hydrogen-bond donors (Lipinski definition) is 1. The van der Waals surface area contributed by atoms with Crippen LogP contribution >= 0.6 is 0 Å². The van der Waals surface area contributed by atoms with E-state index in [1.807, 2.05) is 12.1 Å². The monoisotopic (exact) mass is 292 g/mol. The van der Waals surface area contributed by atoms with Crippen molar-refractivity contribution in [3.8, 4) is 0 Å². The predicted molar refractivity (Wildman–Crippen MR) is 82.7 cm³/mol. The van der Waals surface area contributed by atoms with Crippen LogP contribution in [0.15, 0.2) is 24.3 Å². The molecule has 1 aromatic rings. The number of ketones is 1. The molecule has 1 fully saturated rings. The van der Waals surface area contributed by atoms with Crippen LogP contribution in [-0.4, -0.2) is 61.9 Å². The van der Waals surface area contributed by atoms with Crippen LogP contribution in [0.4, 0.5) is 5.69 Å². The molecule has 1 saturated heterocycles. The Bertz CT molecular complexity index is 481. The lowest BCUT2D eigenvalue weighted by Gasteiger charge is -2.32. The van der Waals surface area contributed by atoms with Crippen LogP contribution in [0.25, 0.3) is 0 Å². The lowest BCUT2D eigenvalue weighted by molar-refractivity contribution is -0.0543. The van der Waals surface area contributed by atoms with Gasteiger partial charge in [0.05, 0.1) is 13.2 Å². The molecule has 1 unspecified atom stereocenters. The fraction of sp³-hybridized carbons (Fsp3) is 0.562. The van der Waals surface area contributed by atoms with Gasteiger partial charge >= 0.3 is 0 Å². The summed E-state index contributed by atoms with van der Waals surface area (Å²) < 4.78 is 5.33. The van der Waals surface area contributed by atoms with E-state index in [4.69, 9.17) is 4.74 Å². The molecule has 5 heteroatoms. The molecule has 2 rings (SSSR count). The van der Waals surface area contributed by atoms with Gasteiger partial charge in [0.15, 0.2) is 5.72 Å². The standard InChI is InChI=1S/C16H24N2O3/c1-4-16(20,17(2)3)15(19)13-5-7-14(8-6-13)18-9-11-21-12-10-18/h5-8,20H,4,9-12H2,1-3H3. The maximum absolute atomic E-state index is 12.5. The Morgan fingerprint density at radius 3 is 2.33 bits per heavy atom. The van der Waals surface area contributed by atoms with Crippen LogP contribution in [-0.2, 0) is 4.74 Å². The van der Waals surface area contributed by atoms with Crippen molar-refractivity contribution in [3.63, 3.8) is 0 Å². The highest BCUT2D eigenvalue weighted by Gasteiger charge is 2.36. The van der Waals surface area contributed by atoms with Crippen LogP contribution in [0.1, 0.15) is 23.7 Å². The average Bonchev–Trinajstić information content (AvgIpc) is 2.54. The Labute approximate surface area is 126 Å². The van der Waals surface area contributed by atoms with E-state index in [1.165, 1.54) is 0 Å². The van der Waals surface area contributed by atoms with Gasteiger partial charge in [-0.15, -0.1) is 0 Å². The summed E-state index contributed by atoms with van der Waals surface area (Å²) in [5, 5.41) is 10.5. The Kier molecular flexibility index (Phi) is 4.98. The molecule has 0 aromatic heterocycles. The summed E-state index contributed by atoms with van der Waals surface area (Å²) >= 11 is 0. The molecule has 0 radical (unpaired) electrons. The van der Waals surface area contributed by atoms with Gasteiger partial charge in [-0.1, -0.05) is 6.92 Å². The second-order valence-electron chi connectivity index (χ2n) is 5.54. The molecular formula is C16H24N2O3. The van der Waals surface area contributed by atoms with E-state index in [1.54, 1.807) is 38.1 Å². The Balaban J connectivity index is 2.16. The number of benzene rings is 1. The third kappa shape index (κ3) is 3.26. The first-order valence-corrected chi connectivity index (χ1v) is 7.36.